The van der Waals surface area contributed by atoms with Crippen molar-refractivity contribution < 1.29 is 29.6 Å². The van der Waals surface area contributed by atoms with Gasteiger partial charge in [-0.2, -0.15) is 0 Å². The highest BCUT2D eigenvalue weighted by Gasteiger charge is 2.44. The zero-order chi connectivity index (χ0) is 15.8. The molecule has 0 radical (unpaired) electrons. The van der Waals surface area contributed by atoms with Gasteiger partial charge in [0, 0.05) is 12.3 Å². The highest BCUT2D eigenvalue weighted by molar-refractivity contribution is 8.16. The van der Waals surface area contributed by atoms with E-state index in [1.165, 1.54) is 0 Å². The summed E-state index contributed by atoms with van der Waals surface area (Å²) in [5.41, 5.74) is -1.45. The number of nitrogens with zero attached hydrogens (tertiary/aromatic N) is 1. The van der Waals surface area contributed by atoms with Gasteiger partial charge in [0.1, 0.15) is 6.10 Å². The van der Waals surface area contributed by atoms with Gasteiger partial charge in [0.2, 0.25) is 0 Å². The van der Waals surface area contributed by atoms with Crippen molar-refractivity contribution in [2.75, 3.05) is 6.61 Å². The number of hydrogen-bond acceptors (Lipinski definition) is 5. The van der Waals surface area contributed by atoms with E-state index < -0.39 is 48.3 Å². The van der Waals surface area contributed by atoms with Crippen LogP contribution in [0.5, 0.6) is 0 Å². The summed E-state index contributed by atoms with van der Waals surface area (Å²) in [6.45, 7) is -4.82. The van der Waals surface area contributed by atoms with E-state index in [4.69, 9.17) is 24.5 Å². The maximum absolute atomic E-state index is 11.7. The van der Waals surface area contributed by atoms with Gasteiger partial charge in [0.15, 0.2) is 6.23 Å². The SMILES string of the molecule is O=c1ccn([C@@H]2O[C@H](CO)[C@H](O)[C@H]2[SH]=P(O)(O)O)c(=O)[nH]1. The van der Waals surface area contributed by atoms with Crippen LogP contribution < -0.4 is 11.2 Å². The molecule has 12 heteroatoms. The second-order valence-corrected chi connectivity index (χ2v) is 8.60. The summed E-state index contributed by atoms with van der Waals surface area (Å²) in [6, 6.07) is 1.05. The first-order valence-corrected chi connectivity index (χ1v) is 9.10. The van der Waals surface area contributed by atoms with E-state index in [1.807, 2.05) is 4.98 Å². The fourth-order valence-electron chi connectivity index (χ4n) is 2.04. The molecule has 1 aliphatic heterocycles. The van der Waals surface area contributed by atoms with Gasteiger partial charge in [0.25, 0.3) is 12.3 Å². The average molecular weight is 342 g/mol. The second kappa shape index (κ2) is 6.15. The number of aliphatic hydroxyl groups excluding tert-OH is 2. The van der Waals surface area contributed by atoms with Crippen LogP contribution in [-0.4, -0.2) is 58.5 Å². The zero-order valence-corrected chi connectivity index (χ0v) is 12.3. The summed E-state index contributed by atoms with van der Waals surface area (Å²) in [5.74, 6) is 0. The minimum atomic E-state index is -4.26. The number of hydrogen-bond donors (Lipinski definition) is 7. The largest absolute Gasteiger partial charge is 0.394 e. The van der Waals surface area contributed by atoms with Gasteiger partial charge in [0.05, 0.1) is 18.0 Å². The highest BCUT2D eigenvalue weighted by Crippen LogP contribution is 2.39. The molecule has 1 aromatic rings. The summed E-state index contributed by atoms with van der Waals surface area (Å²) in [5, 5.41) is 18.0. The third kappa shape index (κ3) is 3.71. The predicted molar refractivity (Wildman–Crippen MR) is 74.4 cm³/mol. The molecule has 0 amide bonds. The zero-order valence-electron chi connectivity index (χ0n) is 10.5. The first-order valence-electron chi connectivity index (χ1n) is 5.78. The summed E-state index contributed by atoms with van der Waals surface area (Å²) >= 11 is 0. The average Bonchev–Trinajstić information content (AvgIpc) is 2.65. The van der Waals surface area contributed by atoms with E-state index in [2.05, 4.69) is 0 Å². The first-order chi connectivity index (χ1) is 9.73. The van der Waals surface area contributed by atoms with Crippen LogP contribution in [0.4, 0.5) is 0 Å². The van der Waals surface area contributed by atoms with Crippen LogP contribution in [0, 0.1) is 0 Å². The molecule has 1 aromatic heterocycles. The van der Waals surface area contributed by atoms with E-state index in [0.29, 0.717) is 0 Å². The molecule has 0 saturated carbocycles. The van der Waals surface area contributed by atoms with Crippen molar-refractivity contribution >= 4 is 17.7 Å². The molecular weight excluding hydrogens is 327 g/mol. The topological polar surface area (TPSA) is 165 Å². The number of rotatable bonds is 3. The summed E-state index contributed by atoms with van der Waals surface area (Å²) in [6.07, 6.45) is -2.44. The summed E-state index contributed by atoms with van der Waals surface area (Å²) < 4.78 is 6.24. The van der Waals surface area contributed by atoms with Crippen LogP contribution in [0.25, 0.3) is 0 Å². The number of thiol groups is 1. The van der Waals surface area contributed by atoms with Crippen molar-refractivity contribution in [2.45, 2.75) is 23.7 Å². The molecule has 21 heavy (non-hydrogen) atoms. The van der Waals surface area contributed by atoms with Gasteiger partial charge >= 0.3 is 5.69 Å². The van der Waals surface area contributed by atoms with Crippen molar-refractivity contribution in [1.82, 2.24) is 9.55 Å². The maximum atomic E-state index is 11.7. The molecule has 4 atom stereocenters. The lowest BCUT2D eigenvalue weighted by molar-refractivity contribution is -0.0457. The lowest BCUT2D eigenvalue weighted by Gasteiger charge is -2.20. The Bertz CT molecular complexity index is 673. The molecule has 1 saturated heterocycles. The van der Waals surface area contributed by atoms with Gasteiger partial charge < -0.3 is 29.6 Å². The Morgan fingerprint density at radius 1 is 1.38 bits per heavy atom. The van der Waals surface area contributed by atoms with Crippen molar-refractivity contribution in [3.8, 4) is 0 Å². The van der Waals surface area contributed by atoms with Crippen molar-refractivity contribution in [1.29, 1.82) is 0 Å². The smallest absolute Gasteiger partial charge is 0.330 e. The van der Waals surface area contributed by atoms with Crippen molar-refractivity contribution in [3.05, 3.63) is 33.1 Å². The van der Waals surface area contributed by atoms with E-state index in [-0.39, 0.29) is 10.9 Å². The van der Waals surface area contributed by atoms with Gasteiger partial charge in [-0.25, -0.2) is 4.79 Å². The third-order valence-corrected chi connectivity index (χ3v) is 5.80. The minimum absolute atomic E-state index is 0.324. The molecule has 2 heterocycles. The monoisotopic (exact) mass is 342 g/mol. The Balaban J connectivity index is 2.49. The Kier molecular flexibility index (Phi) is 4.85. The van der Waals surface area contributed by atoms with Gasteiger partial charge in [-0.3, -0.25) is 14.3 Å². The van der Waals surface area contributed by atoms with Crippen molar-refractivity contribution in [2.24, 2.45) is 0 Å². The molecule has 0 bridgehead atoms. The van der Waals surface area contributed by atoms with Crippen LogP contribution >= 0.6 is 6.72 Å². The standard InChI is InChI=1S/C9H15N2O8PS/c12-3-4-6(14)7(21-20(16,17)18)8(19-4)11-2-1-5(13)10-9(11)15/h1-2,4,6-8,12,14,16-18,21H,3H2,(H,10,13,15)/t4-,6+,7-,8-/m1/s1. The van der Waals surface area contributed by atoms with E-state index in [9.17, 15) is 14.7 Å². The quantitative estimate of drug-likeness (QED) is 0.221. The number of aliphatic hydroxyl groups is 2. The highest BCUT2D eigenvalue weighted by atomic mass is 32.5. The van der Waals surface area contributed by atoms with Crippen molar-refractivity contribution in [3.63, 3.8) is 0 Å². The van der Waals surface area contributed by atoms with Crippen LogP contribution in [-0.2, 0) is 15.7 Å². The second-order valence-electron chi connectivity index (χ2n) is 4.40. The summed E-state index contributed by atoms with van der Waals surface area (Å²) in [4.78, 5) is 52.3. The Morgan fingerprint density at radius 3 is 2.57 bits per heavy atom. The number of aromatic amines is 1. The molecule has 120 valence electrons. The molecule has 10 nitrogen and oxygen atoms in total. The molecule has 0 aliphatic carbocycles. The minimum Gasteiger partial charge on any atom is -0.394 e. The number of nitrogens with one attached hydrogen (secondary N) is 1. The number of H-pyrrole nitrogens is 1. The normalized spacial score (nSPS) is 29.8. The molecule has 1 aliphatic rings. The van der Waals surface area contributed by atoms with Crippen LogP contribution in [0.2, 0.25) is 0 Å². The molecule has 0 unspecified atom stereocenters. The fraction of sp³-hybridized carbons (Fsp3) is 0.556. The van der Waals surface area contributed by atoms with Gasteiger partial charge in [-0.05, 0) is 0 Å². The first kappa shape index (κ1) is 16.6. The number of aromatic nitrogens is 2. The lowest BCUT2D eigenvalue weighted by atomic mass is 10.2. The Morgan fingerprint density at radius 2 is 2.05 bits per heavy atom. The van der Waals surface area contributed by atoms with Crippen LogP contribution in [0.15, 0.2) is 21.9 Å². The van der Waals surface area contributed by atoms with Crippen LogP contribution in [0.1, 0.15) is 6.23 Å². The van der Waals surface area contributed by atoms with Crippen LogP contribution in [0.3, 0.4) is 0 Å². The number of ether oxygens (including phenoxy) is 1. The molecule has 2 rings (SSSR count). The molecule has 0 aromatic carbocycles. The predicted octanol–water partition coefficient (Wildman–Crippen LogP) is -3.37. The maximum Gasteiger partial charge on any atom is 0.330 e. The van der Waals surface area contributed by atoms with E-state index >= 15 is 0 Å². The summed E-state index contributed by atoms with van der Waals surface area (Å²) in [7, 11) is -0.324. The molecular formula is C9H15N2O8PS. The Hall–Kier alpha value is -0.780. The third-order valence-electron chi connectivity index (χ3n) is 2.93. The molecule has 0 spiro atoms. The Labute approximate surface area is 121 Å². The van der Waals surface area contributed by atoms with E-state index in [1.54, 1.807) is 0 Å². The molecule has 1 fully saturated rings. The van der Waals surface area contributed by atoms with Gasteiger partial charge in [-0.15, -0.1) is 10.9 Å². The fourth-order valence-corrected chi connectivity index (χ4v) is 4.88. The van der Waals surface area contributed by atoms with Gasteiger partial charge in [-0.1, -0.05) is 0 Å². The lowest BCUT2D eigenvalue weighted by Crippen LogP contribution is -2.37. The van der Waals surface area contributed by atoms with E-state index in [0.717, 1.165) is 16.8 Å². The molecule has 6 N–H and O–H groups in total.